The van der Waals surface area contributed by atoms with Gasteiger partial charge in [-0.25, -0.2) is 4.39 Å². The first kappa shape index (κ1) is 34.9. The van der Waals surface area contributed by atoms with Crippen LogP contribution in [0.4, 0.5) is 10.1 Å². The van der Waals surface area contributed by atoms with E-state index in [1.807, 2.05) is 60.7 Å². The van der Waals surface area contributed by atoms with Gasteiger partial charge in [0.25, 0.3) is 5.88 Å². The molecule has 0 saturated heterocycles. The minimum Gasteiger partial charge on any atom is -0.508 e. The van der Waals surface area contributed by atoms with E-state index < -0.39 is 46.6 Å². The van der Waals surface area contributed by atoms with Gasteiger partial charge in [0, 0.05) is 36.2 Å². The zero-order valence-electron chi connectivity index (χ0n) is 29.0. The lowest BCUT2D eigenvalue weighted by Gasteiger charge is -2.49. The molecule has 52 heavy (non-hydrogen) atoms. The van der Waals surface area contributed by atoms with Crippen LogP contribution in [0.15, 0.2) is 108 Å². The van der Waals surface area contributed by atoms with Crippen LogP contribution in [0.5, 0.6) is 11.6 Å². The predicted octanol–water partition coefficient (Wildman–Crippen LogP) is 6.57. The van der Waals surface area contributed by atoms with Gasteiger partial charge in [0.2, 0.25) is 5.78 Å². The van der Waals surface area contributed by atoms with E-state index in [4.69, 9.17) is 14.0 Å². The number of ether oxygens (including phenoxy) is 2. The van der Waals surface area contributed by atoms with Gasteiger partial charge < -0.3 is 29.1 Å². The number of fused-ring (bicyclic) bond motifs is 4. The normalized spacial score (nSPS) is 21.9. The van der Waals surface area contributed by atoms with E-state index in [1.54, 1.807) is 36.0 Å². The third-order valence-corrected chi connectivity index (χ3v) is 10.3. The van der Waals surface area contributed by atoms with Gasteiger partial charge in [-0.05, 0) is 49.1 Å². The number of Topliss-reactive ketones (excluding diaryl/α,β-unsaturated/α-hetero) is 2. The van der Waals surface area contributed by atoms with Crippen molar-refractivity contribution in [3.8, 4) is 11.6 Å². The maximum atomic E-state index is 16.3. The molecular weight excluding hydrogens is 665 g/mol. The standard InChI is InChI=1S/C41H40FN3O7/c1-5-17-45(18-6-2)30-21-29(42)27-19-26-20-28-34(44(3)4)37-33(40(43-52-37)51-23-25-15-11-8-12-16-25)39(48)41(28,49)38(47)31(26)35(46)32(27)36(30)50-22-24-13-9-7-10-14-24/h5-16,21,26,28,34,47,49H,1-2,17-20,22-23H2,3-4H3/t26-,28-,34-,41-/m0/s1. The molecule has 3 aromatic carbocycles. The first-order chi connectivity index (χ1) is 25.1. The van der Waals surface area contributed by atoms with Crippen molar-refractivity contribution in [2.75, 3.05) is 32.1 Å². The van der Waals surface area contributed by atoms with Crippen LogP contribution in [0.1, 0.15) is 55.6 Å². The number of halogens is 1. The number of carbonyl (C=O) groups is 2. The second-order valence-corrected chi connectivity index (χ2v) is 13.7. The SMILES string of the molecule is C=CCN(CC=C)c1cc(F)c2c(c1OCc1ccccc1)C(=O)C1=C(O)[C@]3(O)C(=O)c4c(OCc5ccccc5)noc4[C@@H](N(C)C)[C@@H]3C[C@@H]1C2. The molecule has 11 heteroatoms. The highest BCUT2D eigenvalue weighted by atomic mass is 19.1. The minimum absolute atomic E-state index is 0.0206. The molecule has 1 heterocycles. The number of benzene rings is 3. The molecule has 3 aliphatic rings. The molecule has 10 nitrogen and oxygen atoms in total. The highest BCUT2D eigenvalue weighted by Gasteiger charge is 2.64. The van der Waals surface area contributed by atoms with E-state index >= 15 is 4.39 Å². The summed E-state index contributed by atoms with van der Waals surface area (Å²) in [5.74, 6) is -4.49. The van der Waals surface area contributed by atoms with Gasteiger partial charge >= 0.3 is 0 Å². The smallest absolute Gasteiger partial charge is 0.265 e. The maximum absolute atomic E-state index is 16.3. The van der Waals surface area contributed by atoms with E-state index in [0.29, 0.717) is 18.8 Å². The van der Waals surface area contributed by atoms with Crippen LogP contribution in [0, 0.1) is 17.7 Å². The molecule has 4 atom stereocenters. The molecule has 0 amide bonds. The van der Waals surface area contributed by atoms with Crippen LogP contribution in [0.25, 0.3) is 0 Å². The van der Waals surface area contributed by atoms with Crippen LogP contribution in [0.3, 0.4) is 0 Å². The number of rotatable bonds is 12. The highest BCUT2D eigenvalue weighted by molar-refractivity contribution is 6.16. The van der Waals surface area contributed by atoms with Gasteiger partial charge in [0.15, 0.2) is 22.9 Å². The summed E-state index contributed by atoms with van der Waals surface area (Å²) in [5.41, 5.74) is -0.762. The van der Waals surface area contributed by atoms with E-state index in [-0.39, 0.29) is 65.7 Å². The lowest BCUT2D eigenvalue weighted by Crippen LogP contribution is -2.59. The van der Waals surface area contributed by atoms with Crippen LogP contribution in [0.2, 0.25) is 0 Å². The topological polar surface area (TPSA) is 126 Å². The van der Waals surface area contributed by atoms with Crippen molar-refractivity contribution in [1.29, 1.82) is 0 Å². The number of anilines is 1. The number of hydrogen-bond donors (Lipinski definition) is 2. The molecule has 3 aliphatic carbocycles. The van der Waals surface area contributed by atoms with Crippen molar-refractivity contribution in [2.24, 2.45) is 11.8 Å². The largest absolute Gasteiger partial charge is 0.508 e. The second kappa shape index (κ2) is 13.9. The Labute approximate surface area is 301 Å². The molecular formula is C41H40FN3O7. The monoisotopic (exact) mass is 705 g/mol. The Bertz CT molecular complexity index is 2070. The average molecular weight is 706 g/mol. The van der Waals surface area contributed by atoms with Crippen molar-refractivity contribution in [3.63, 3.8) is 0 Å². The van der Waals surface area contributed by atoms with Gasteiger partial charge in [-0.2, -0.15) is 0 Å². The number of ketones is 2. The second-order valence-electron chi connectivity index (χ2n) is 13.7. The summed E-state index contributed by atoms with van der Waals surface area (Å²) in [5, 5.41) is 28.7. The van der Waals surface area contributed by atoms with Gasteiger partial charge in [0.1, 0.15) is 30.4 Å². The Morgan fingerprint density at radius 1 is 0.981 bits per heavy atom. The Morgan fingerprint density at radius 3 is 2.19 bits per heavy atom. The Balaban J connectivity index is 1.35. The van der Waals surface area contributed by atoms with E-state index in [0.717, 1.165) is 11.1 Å². The summed E-state index contributed by atoms with van der Waals surface area (Å²) < 4.78 is 34.3. The maximum Gasteiger partial charge on any atom is 0.265 e. The molecule has 0 fully saturated rings. The van der Waals surface area contributed by atoms with E-state index in [9.17, 15) is 19.8 Å². The fourth-order valence-corrected chi connectivity index (χ4v) is 7.94. The molecule has 0 unspecified atom stereocenters. The molecule has 2 N–H and O–H groups in total. The lowest BCUT2D eigenvalue weighted by molar-refractivity contribution is -0.0559. The summed E-state index contributed by atoms with van der Waals surface area (Å²) in [4.78, 5) is 32.8. The van der Waals surface area contributed by atoms with Crippen molar-refractivity contribution >= 4 is 17.3 Å². The Hall–Kier alpha value is -5.52. The third kappa shape index (κ3) is 5.70. The highest BCUT2D eigenvalue weighted by Crippen LogP contribution is 2.57. The number of aliphatic hydroxyl groups is 2. The molecule has 0 spiro atoms. The number of hydrogen-bond acceptors (Lipinski definition) is 10. The predicted molar refractivity (Wildman–Crippen MR) is 192 cm³/mol. The van der Waals surface area contributed by atoms with Gasteiger partial charge in [-0.15, -0.1) is 13.2 Å². The van der Waals surface area contributed by atoms with Crippen molar-refractivity contribution in [2.45, 2.75) is 37.7 Å². The fraction of sp³-hybridized carbons (Fsp3) is 0.293. The lowest BCUT2D eigenvalue weighted by atomic mass is 9.58. The quantitative estimate of drug-likeness (QED) is 0.157. The van der Waals surface area contributed by atoms with E-state index in [2.05, 4.69) is 18.3 Å². The molecule has 4 aromatic rings. The summed E-state index contributed by atoms with van der Waals surface area (Å²) >= 11 is 0. The summed E-state index contributed by atoms with van der Waals surface area (Å²) in [6.45, 7) is 8.41. The summed E-state index contributed by atoms with van der Waals surface area (Å²) in [7, 11) is 3.51. The first-order valence-corrected chi connectivity index (χ1v) is 17.2. The number of allylic oxidation sites excluding steroid dienone is 1. The van der Waals surface area contributed by atoms with Gasteiger partial charge in [0.05, 0.1) is 17.3 Å². The first-order valence-electron chi connectivity index (χ1n) is 17.2. The molecule has 7 rings (SSSR count). The number of aromatic nitrogens is 1. The minimum atomic E-state index is -2.53. The summed E-state index contributed by atoms with van der Waals surface area (Å²) in [6, 6.07) is 19.2. The molecule has 0 bridgehead atoms. The zero-order chi connectivity index (χ0) is 36.7. The third-order valence-electron chi connectivity index (χ3n) is 10.3. The van der Waals surface area contributed by atoms with Crippen LogP contribution in [-0.4, -0.2) is 64.6 Å². The summed E-state index contributed by atoms with van der Waals surface area (Å²) in [6.07, 6.45) is 3.39. The Kier molecular flexibility index (Phi) is 9.33. The number of aliphatic hydroxyl groups excluding tert-OH is 1. The van der Waals surface area contributed by atoms with Crippen LogP contribution < -0.4 is 14.4 Å². The number of nitrogens with zero attached hydrogens (tertiary/aromatic N) is 3. The molecule has 0 aliphatic heterocycles. The van der Waals surface area contributed by atoms with Crippen molar-refractivity contribution in [3.05, 3.63) is 143 Å². The molecule has 0 saturated carbocycles. The van der Waals surface area contributed by atoms with Crippen LogP contribution >= 0.6 is 0 Å². The molecule has 268 valence electrons. The fourth-order valence-electron chi connectivity index (χ4n) is 7.94. The van der Waals surface area contributed by atoms with Gasteiger partial charge in [-0.3, -0.25) is 14.5 Å². The molecule has 0 radical (unpaired) electrons. The van der Waals surface area contributed by atoms with Crippen molar-refractivity contribution < 1.29 is 38.2 Å². The number of carbonyl (C=O) groups excluding carboxylic acids is 2. The average Bonchev–Trinajstić information content (AvgIpc) is 3.56. The Morgan fingerprint density at radius 2 is 1.60 bits per heavy atom. The van der Waals surface area contributed by atoms with Crippen molar-refractivity contribution in [1.82, 2.24) is 10.1 Å². The van der Waals surface area contributed by atoms with Crippen LogP contribution in [-0.2, 0) is 19.6 Å². The van der Waals surface area contributed by atoms with Gasteiger partial charge in [-0.1, -0.05) is 72.8 Å². The van der Waals surface area contributed by atoms with E-state index in [1.165, 1.54) is 6.07 Å². The molecule has 1 aromatic heterocycles. The zero-order valence-corrected chi connectivity index (χ0v) is 29.0.